The molecule has 1 rings (SSSR count). The molecular weight excluding hydrogens is 190 g/mol. The third-order valence-corrected chi connectivity index (χ3v) is 1.86. The van der Waals surface area contributed by atoms with Crippen molar-refractivity contribution in [2.45, 2.75) is 25.4 Å². The van der Waals surface area contributed by atoms with Crippen molar-refractivity contribution < 1.29 is 9.53 Å². The molecule has 0 spiro atoms. The summed E-state index contributed by atoms with van der Waals surface area (Å²) >= 11 is 4.52. The summed E-state index contributed by atoms with van der Waals surface area (Å²) in [6, 6.07) is 0. The van der Waals surface area contributed by atoms with E-state index < -0.39 is 0 Å². The maximum absolute atomic E-state index is 11.1. The number of nitrogens with two attached hydrogens (primary N) is 1. The van der Waals surface area contributed by atoms with Gasteiger partial charge in [0.15, 0.2) is 5.11 Å². The standard InChI is InChI=1S/C7H13N3O2S/c8-7(13)10-9-6(11)4-5-2-1-3-12-5/h5H,1-4H2,(H,9,11)(H3,8,10,13). The predicted molar refractivity (Wildman–Crippen MR) is 51.7 cm³/mol. The van der Waals surface area contributed by atoms with Gasteiger partial charge < -0.3 is 10.5 Å². The molecule has 0 aromatic rings. The molecule has 0 radical (unpaired) electrons. The normalized spacial score (nSPS) is 21.1. The lowest BCUT2D eigenvalue weighted by Gasteiger charge is -2.09. The summed E-state index contributed by atoms with van der Waals surface area (Å²) in [4.78, 5) is 11.1. The number of thiocarbonyl (C=S) groups is 1. The fourth-order valence-electron chi connectivity index (χ4n) is 1.19. The smallest absolute Gasteiger partial charge is 0.240 e. The van der Waals surface area contributed by atoms with Gasteiger partial charge in [0.25, 0.3) is 0 Å². The van der Waals surface area contributed by atoms with Crippen LogP contribution in [-0.4, -0.2) is 23.7 Å². The van der Waals surface area contributed by atoms with E-state index in [0.29, 0.717) is 6.42 Å². The minimum atomic E-state index is -0.153. The molecule has 0 bridgehead atoms. The van der Waals surface area contributed by atoms with Crippen molar-refractivity contribution >= 4 is 23.2 Å². The Kier molecular flexibility index (Phi) is 3.91. The Morgan fingerprint density at radius 2 is 2.38 bits per heavy atom. The van der Waals surface area contributed by atoms with Crippen molar-refractivity contribution in [2.24, 2.45) is 5.73 Å². The number of carbonyl (C=O) groups excluding carboxylic acids is 1. The molecule has 0 aromatic heterocycles. The zero-order valence-electron chi connectivity index (χ0n) is 7.21. The quantitative estimate of drug-likeness (QED) is 0.413. The molecule has 1 fully saturated rings. The van der Waals surface area contributed by atoms with Crippen LogP contribution in [0.15, 0.2) is 0 Å². The first kappa shape index (κ1) is 10.2. The number of amides is 1. The molecule has 1 amide bonds. The van der Waals surface area contributed by atoms with Crippen molar-refractivity contribution in [3.05, 3.63) is 0 Å². The maximum atomic E-state index is 11.1. The van der Waals surface area contributed by atoms with Gasteiger partial charge in [-0.15, -0.1) is 0 Å². The summed E-state index contributed by atoms with van der Waals surface area (Å²) in [6.07, 6.45) is 2.38. The molecule has 4 N–H and O–H groups in total. The molecular formula is C7H13N3O2S. The Morgan fingerprint density at radius 1 is 1.62 bits per heavy atom. The van der Waals surface area contributed by atoms with Gasteiger partial charge in [0.1, 0.15) is 0 Å². The monoisotopic (exact) mass is 203 g/mol. The molecule has 0 aliphatic carbocycles. The first-order valence-corrected chi connectivity index (χ1v) is 4.55. The lowest BCUT2D eigenvalue weighted by molar-refractivity contribution is -0.123. The van der Waals surface area contributed by atoms with Gasteiger partial charge in [-0.3, -0.25) is 15.6 Å². The van der Waals surface area contributed by atoms with E-state index in [1.54, 1.807) is 0 Å². The van der Waals surface area contributed by atoms with E-state index in [9.17, 15) is 4.79 Å². The number of carbonyl (C=O) groups is 1. The highest BCUT2D eigenvalue weighted by molar-refractivity contribution is 7.80. The largest absolute Gasteiger partial charge is 0.378 e. The highest BCUT2D eigenvalue weighted by Crippen LogP contribution is 2.14. The minimum absolute atomic E-state index is 0.0492. The van der Waals surface area contributed by atoms with Crippen LogP contribution >= 0.6 is 12.2 Å². The Balaban J connectivity index is 2.13. The molecule has 1 aliphatic rings. The Hall–Kier alpha value is -0.880. The van der Waals surface area contributed by atoms with Gasteiger partial charge in [0.05, 0.1) is 12.5 Å². The van der Waals surface area contributed by atoms with E-state index in [1.165, 1.54) is 0 Å². The average Bonchev–Trinajstić information content (AvgIpc) is 2.53. The van der Waals surface area contributed by atoms with Gasteiger partial charge in [0, 0.05) is 6.61 Å². The third kappa shape index (κ3) is 4.05. The first-order chi connectivity index (χ1) is 6.18. The lowest BCUT2D eigenvalue weighted by atomic mass is 10.2. The van der Waals surface area contributed by atoms with Crippen LogP contribution in [0.25, 0.3) is 0 Å². The van der Waals surface area contributed by atoms with Gasteiger partial charge in [-0.25, -0.2) is 0 Å². The molecule has 0 saturated carbocycles. The van der Waals surface area contributed by atoms with Crippen LogP contribution in [0.1, 0.15) is 19.3 Å². The Bertz CT molecular complexity index is 204. The van der Waals surface area contributed by atoms with E-state index in [0.717, 1.165) is 19.4 Å². The molecule has 74 valence electrons. The topological polar surface area (TPSA) is 76.4 Å². The molecule has 1 heterocycles. The zero-order chi connectivity index (χ0) is 9.68. The second kappa shape index (κ2) is 4.98. The summed E-state index contributed by atoms with van der Waals surface area (Å²) < 4.78 is 5.28. The molecule has 0 aromatic carbocycles. The van der Waals surface area contributed by atoms with Crippen molar-refractivity contribution in [3.63, 3.8) is 0 Å². The highest BCUT2D eigenvalue weighted by atomic mass is 32.1. The summed E-state index contributed by atoms with van der Waals surface area (Å²) in [6.45, 7) is 0.751. The van der Waals surface area contributed by atoms with E-state index in [1.807, 2.05) is 0 Å². The van der Waals surface area contributed by atoms with Crippen LogP contribution in [0.4, 0.5) is 0 Å². The molecule has 6 heteroatoms. The van der Waals surface area contributed by atoms with E-state index in [2.05, 4.69) is 23.1 Å². The van der Waals surface area contributed by atoms with E-state index in [4.69, 9.17) is 10.5 Å². The van der Waals surface area contributed by atoms with Crippen LogP contribution < -0.4 is 16.6 Å². The van der Waals surface area contributed by atoms with Crippen molar-refractivity contribution in [2.75, 3.05) is 6.61 Å². The fourth-order valence-corrected chi connectivity index (χ4v) is 1.25. The third-order valence-electron chi connectivity index (χ3n) is 1.76. The van der Waals surface area contributed by atoms with Gasteiger partial charge in [0.2, 0.25) is 5.91 Å². The minimum Gasteiger partial charge on any atom is -0.378 e. The van der Waals surface area contributed by atoms with Crippen LogP contribution in [0.3, 0.4) is 0 Å². The average molecular weight is 203 g/mol. The van der Waals surface area contributed by atoms with E-state index in [-0.39, 0.29) is 17.1 Å². The lowest BCUT2D eigenvalue weighted by Crippen LogP contribution is -2.45. The van der Waals surface area contributed by atoms with Crippen molar-refractivity contribution in [1.29, 1.82) is 0 Å². The van der Waals surface area contributed by atoms with Gasteiger partial charge in [-0.2, -0.15) is 0 Å². The summed E-state index contributed by atoms with van der Waals surface area (Å²) in [5.74, 6) is -0.153. The second-order valence-corrected chi connectivity index (χ2v) is 3.32. The van der Waals surface area contributed by atoms with Crippen LogP contribution in [0, 0.1) is 0 Å². The zero-order valence-corrected chi connectivity index (χ0v) is 8.02. The highest BCUT2D eigenvalue weighted by Gasteiger charge is 2.18. The Morgan fingerprint density at radius 3 is 2.92 bits per heavy atom. The van der Waals surface area contributed by atoms with Crippen LogP contribution in [0.5, 0.6) is 0 Å². The molecule has 1 unspecified atom stereocenters. The van der Waals surface area contributed by atoms with Gasteiger partial charge >= 0.3 is 0 Å². The van der Waals surface area contributed by atoms with Crippen molar-refractivity contribution in [3.8, 4) is 0 Å². The predicted octanol–water partition coefficient (Wildman–Crippen LogP) is -0.580. The number of ether oxygens (including phenoxy) is 1. The SMILES string of the molecule is NC(=S)NNC(=O)CC1CCCO1. The van der Waals surface area contributed by atoms with E-state index >= 15 is 0 Å². The first-order valence-electron chi connectivity index (χ1n) is 4.14. The summed E-state index contributed by atoms with van der Waals surface area (Å²) in [7, 11) is 0. The number of hydrogen-bond donors (Lipinski definition) is 3. The Labute approximate surface area is 82.0 Å². The molecule has 1 saturated heterocycles. The van der Waals surface area contributed by atoms with Gasteiger partial charge in [-0.05, 0) is 25.1 Å². The summed E-state index contributed by atoms with van der Waals surface area (Å²) in [5, 5.41) is 0.0562. The second-order valence-electron chi connectivity index (χ2n) is 2.88. The molecule has 1 aliphatic heterocycles. The van der Waals surface area contributed by atoms with Crippen LogP contribution in [0.2, 0.25) is 0 Å². The molecule has 1 atom stereocenters. The number of rotatable bonds is 2. The molecule has 13 heavy (non-hydrogen) atoms. The maximum Gasteiger partial charge on any atom is 0.240 e. The number of nitrogens with one attached hydrogen (secondary N) is 2. The summed E-state index contributed by atoms with van der Waals surface area (Å²) in [5.41, 5.74) is 9.87. The fraction of sp³-hybridized carbons (Fsp3) is 0.714. The number of hydrogen-bond acceptors (Lipinski definition) is 3. The van der Waals surface area contributed by atoms with Gasteiger partial charge in [-0.1, -0.05) is 0 Å². The van der Waals surface area contributed by atoms with Crippen LogP contribution in [-0.2, 0) is 9.53 Å². The number of hydrazine groups is 1. The molecule has 5 nitrogen and oxygen atoms in total. The van der Waals surface area contributed by atoms with Crippen molar-refractivity contribution in [1.82, 2.24) is 10.9 Å².